The summed E-state index contributed by atoms with van der Waals surface area (Å²) in [6.07, 6.45) is 3.59. The first kappa shape index (κ1) is 22.6. The number of nitrogens with zero attached hydrogens (tertiary/aromatic N) is 1. The average Bonchev–Trinajstić information content (AvgIpc) is 3.02. The third-order valence-corrected chi connectivity index (χ3v) is 7.18. The number of para-hydroxylation sites is 1. The molecule has 1 fully saturated rings. The molecule has 0 bridgehead atoms. The van der Waals surface area contributed by atoms with Gasteiger partial charge in [-0.2, -0.15) is 0 Å². The smallest absolute Gasteiger partial charge is 0.123 e. The standard InChI is InChI=1S/C30H37NO/c1-29(2)20-21-30(3,4)31(29)22-19-26(25-15-9-6-10-16-25)27-17-11-12-18-28(27)32-23-24-13-7-5-8-14-24/h5-18,26H,19-23H2,1-4H3. The van der Waals surface area contributed by atoms with Crippen LogP contribution in [0.25, 0.3) is 0 Å². The monoisotopic (exact) mass is 427 g/mol. The van der Waals surface area contributed by atoms with Crippen molar-refractivity contribution in [3.8, 4) is 5.75 Å². The van der Waals surface area contributed by atoms with Crippen molar-refractivity contribution >= 4 is 0 Å². The highest BCUT2D eigenvalue weighted by Crippen LogP contribution is 2.42. The van der Waals surface area contributed by atoms with Crippen molar-refractivity contribution in [3.05, 3.63) is 102 Å². The lowest BCUT2D eigenvalue weighted by atomic mass is 9.87. The minimum Gasteiger partial charge on any atom is -0.489 e. The number of ether oxygens (including phenoxy) is 1. The fraction of sp³-hybridized carbons (Fsp3) is 0.400. The Hall–Kier alpha value is -2.58. The Kier molecular flexibility index (Phi) is 6.71. The summed E-state index contributed by atoms with van der Waals surface area (Å²) in [5.41, 5.74) is 4.32. The Labute approximate surface area is 194 Å². The summed E-state index contributed by atoms with van der Waals surface area (Å²) in [6.45, 7) is 11.3. The van der Waals surface area contributed by atoms with Gasteiger partial charge < -0.3 is 4.74 Å². The molecule has 0 N–H and O–H groups in total. The van der Waals surface area contributed by atoms with Gasteiger partial charge in [0.25, 0.3) is 0 Å². The fourth-order valence-corrected chi connectivity index (χ4v) is 5.39. The minimum absolute atomic E-state index is 0.244. The van der Waals surface area contributed by atoms with Crippen molar-refractivity contribution in [1.82, 2.24) is 4.90 Å². The molecule has 0 amide bonds. The highest BCUT2D eigenvalue weighted by atomic mass is 16.5. The summed E-state index contributed by atoms with van der Waals surface area (Å²) in [5, 5.41) is 0. The van der Waals surface area contributed by atoms with E-state index in [2.05, 4.69) is 111 Å². The van der Waals surface area contributed by atoms with Crippen molar-refractivity contribution in [2.75, 3.05) is 6.54 Å². The number of hydrogen-bond acceptors (Lipinski definition) is 2. The van der Waals surface area contributed by atoms with Crippen molar-refractivity contribution in [3.63, 3.8) is 0 Å². The Bertz CT molecular complexity index is 978. The van der Waals surface area contributed by atoms with Crippen LogP contribution >= 0.6 is 0 Å². The molecule has 0 saturated carbocycles. The van der Waals surface area contributed by atoms with Crippen LogP contribution in [0, 0.1) is 0 Å². The predicted molar refractivity (Wildman–Crippen MR) is 134 cm³/mol. The Morgan fingerprint density at radius 3 is 1.97 bits per heavy atom. The van der Waals surface area contributed by atoms with Crippen molar-refractivity contribution in [2.24, 2.45) is 0 Å². The predicted octanol–water partition coefficient (Wildman–Crippen LogP) is 7.44. The second-order valence-electron chi connectivity index (χ2n) is 10.3. The molecule has 0 aromatic heterocycles. The Morgan fingerprint density at radius 1 is 0.750 bits per heavy atom. The molecule has 4 rings (SSSR count). The first-order valence-corrected chi connectivity index (χ1v) is 12.0. The molecule has 1 aliphatic heterocycles. The Balaban J connectivity index is 1.60. The van der Waals surface area contributed by atoms with Gasteiger partial charge >= 0.3 is 0 Å². The van der Waals surface area contributed by atoms with Crippen LogP contribution < -0.4 is 4.74 Å². The second-order valence-corrected chi connectivity index (χ2v) is 10.3. The number of rotatable bonds is 8. The second kappa shape index (κ2) is 9.50. The van der Waals surface area contributed by atoms with Gasteiger partial charge in [0.2, 0.25) is 0 Å². The molecule has 3 aromatic carbocycles. The van der Waals surface area contributed by atoms with Crippen LogP contribution in [-0.4, -0.2) is 22.5 Å². The maximum Gasteiger partial charge on any atom is 0.123 e. The van der Waals surface area contributed by atoms with E-state index in [9.17, 15) is 0 Å². The highest BCUT2D eigenvalue weighted by Gasteiger charge is 2.44. The third kappa shape index (κ3) is 5.07. The van der Waals surface area contributed by atoms with Gasteiger partial charge in [-0.05, 0) is 64.2 Å². The van der Waals surface area contributed by atoms with Gasteiger partial charge in [0.05, 0.1) is 0 Å². The van der Waals surface area contributed by atoms with Crippen LogP contribution in [0.3, 0.4) is 0 Å². The van der Waals surface area contributed by atoms with Gasteiger partial charge in [-0.15, -0.1) is 0 Å². The maximum atomic E-state index is 6.37. The van der Waals surface area contributed by atoms with E-state index < -0.39 is 0 Å². The van der Waals surface area contributed by atoms with E-state index in [1.807, 2.05) is 6.07 Å². The first-order chi connectivity index (χ1) is 15.4. The Morgan fingerprint density at radius 2 is 1.31 bits per heavy atom. The van der Waals surface area contributed by atoms with E-state index in [0.717, 1.165) is 18.7 Å². The number of likely N-dealkylation sites (tertiary alicyclic amines) is 1. The highest BCUT2D eigenvalue weighted by molar-refractivity contribution is 5.42. The lowest BCUT2D eigenvalue weighted by molar-refractivity contribution is 0.0765. The van der Waals surface area contributed by atoms with Crippen LogP contribution in [0.1, 0.15) is 69.6 Å². The topological polar surface area (TPSA) is 12.5 Å². The van der Waals surface area contributed by atoms with E-state index in [4.69, 9.17) is 4.74 Å². The van der Waals surface area contributed by atoms with Crippen LogP contribution in [0.15, 0.2) is 84.9 Å². The van der Waals surface area contributed by atoms with Crippen molar-refractivity contribution in [1.29, 1.82) is 0 Å². The van der Waals surface area contributed by atoms with E-state index in [1.165, 1.54) is 29.5 Å². The molecule has 0 aliphatic carbocycles. The molecule has 2 nitrogen and oxygen atoms in total. The van der Waals surface area contributed by atoms with Crippen molar-refractivity contribution < 1.29 is 4.74 Å². The van der Waals surface area contributed by atoms with Crippen LogP contribution in [0.5, 0.6) is 5.75 Å². The lowest BCUT2D eigenvalue weighted by Gasteiger charge is -2.41. The third-order valence-electron chi connectivity index (χ3n) is 7.18. The number of benzene rings is 3. The molecule has 1 heterocycles. The zero-order valence-electron chi connectivity index (χ0n) is 20.1. The molecule has 1 atom stereocenters. The summed E-state index contributed by atoms with van der Waals surface area (Å²) < 4.78 is 6.37. The van der Waals surface area contributed by atoms with Gasteiger partial charge in [-0.1, -0.05) is 78.9 Å². The van der Waals surface area contributed by atoms with Gasteiger partial charge in [0.15, 0.2) is 0 Å². The molecular formula is C30H37NO. The fourth-order valence-electron chi connectivity index (χ4n) is 5.39. The number of hydrogen-bond donors (Lipinski definition) is 0. The lowest BCUT2D eigenvalue weighted by Crippen LogP contribution is -2.48. The van der Waals surface area contributed by atoms with Gasteiger partial charge in [-0.3, -0.25) is 4.90 Å². The van der Waals surface area contributed by atoms with Gasteiger partial charge in [0, 0.05) is 29.1 Å². The maximum absolute atomic E-state index is 6.37. The van der Waals surface area contributed by atoms with E-state index in [1.54, 1.807) is 0 Å². The molecule has 2 heteroatoms. The van der Waals surface area contributed by atoms with Crippen LogP contribution in [0.2, 0.25) is 0 Å². The van der Waals surface area contributed by atoms with E-state index >= 15 is 0 Å². The molecular weight excluding hydrogens is 390 g/mol. The molecule has 3 aromatic rings. The first-order valence-electron chi connectivity index (χ1n) is 12.0. The minimum atomic E-state index is 0.244. The molecule has 1 unspecified atom stereocenters. The normalized spacial score (nSPS) is 18.4. The molecule has 32 heavy (non-hydrogen) atoms. The summed E-state index contributed by atoms with van der Waals surface area (Å²) >= 11 is 0. The summed E-state index contributed by atoms with van der Waals surface area (Å²) in [4.78, 5) is 2.73. The quantitative estimate of drug-likeness (QED) is 0.370. The van der Waals surface area contributed by atoms with Gasteiger partial charge in [0.1, 0.15) is 12.4 Å². The molecule has 0 radical (unpaired) electrons. The molecule has 1 aliphatic rings. The average molecular weight is 428 g/mol. The van der Waals surface area contributed by atoms with Crippen LogP contribution in [0.4, 0.5) is 0 Å². The zero-order chi connectivity index (χ0) is 22.6. The van der Waals surface area contributed by atoms with E-state index in [-0.39, 0.29) is 11.1 Å². The largest absolute Gasteiger partial charge is 0.489 e. The molecule has 168 valence electrons. The van der Waals surface area contributed by atoms with Crippen LogP contribution in [-0.2, 0) is 6.61 Å². The zero-order valence-corrected chi connectivity index (χ0v) is 20.1. The van der Waals surface area contributed by atoms with Gasteiger partial charge in [-0.25, -0.2) is 0 Å². The van der Waals surface area contributed by atoms with E-state index in [0.29, 0.717) is 12.5 Å². The summed E-state index contributed by atoms with van der Waals surface area (Å²) in [5.74, 6) is 1.29. The summed E-state index contributed by atoms with van der Waals surface area (Å²) in [6, 6.07) is 29.9. The summed E-state index contributed by atoms with van der Waals surface area (Å²) in [7, 11) is 0. The van der Waals surface area contributed by atoms with Crippen molar-refractivity contribution in [2.45, 2.75) is 70.6 Å². The molecule has 1 saturated heterocycles. The SMILES string of the molecule is CC1(C)CCC(C)(C)N1CCC(c1ccccc1)c1ccccc1OCc1ccccc1. The molecule has 0 spiro atoms.